The summed E-state index contributed by atoms with van der Waals surface area (Å²) in [5.74, 6) is 0.195. The summed E-state index contributed by atoms with van der Waals surface area (Å²) < 4.78 is 22.5. The molecule has 7 heteroatoms. The first kappa shape index (κ1) is 23.8. The molecule has 2 N–H and O–H groups in total. The van der Waals surface area contributed by atoms with Crippen LogP contribution in [-0.4, -0.2) is 49.1 Å². The predicted molar refractivity (Wildman–Crippen MR) is 127 cm³/mol. The first-order valence-corrected chi connectivity index (χ1v) is 11.2. The Hall–Kier alpha value is -3.39. The number of ether oxygens (including phenoxy) is 4. The predicted octanol–water partition coefficient (Wildman–Crippen LogP) is 3.56. The summed E-state index contributed by atoms with van der Waals surface area (Å²) in [5.41, 5.74) is 2.68. The largest absolute Gasteiger partial charge is 0.497 e. The molecule has 3 aromatic rings. The van der Waals surface area contributed by atoms with Crippen molar-refractivity contribution in [1.82, 2.24) is 0 Å². The van der Waals surface area contributed by atoms with E-state index in [1.54, 1.807) is 7.11 Å². The molecular weight excluding hydrogens is 434 g/mol. The second-order valence-electron chi connectivity index (χ2n) is 8.09. The number of carbonyl (C=O) groups excluding carboxylic acids is 1. The van der Waals surface area contributed by atoms with Gasteiger partial charge in [0, 0.05) is 5.69 Å². The minimum atomic E-state index is -1.03. The number of benzene rings is 3. The molecule has 0 aliphatic carbocycles. The summed E-state index contributed by atoms with van der Waals surface area (Å²) >= 11 is 0. The number of aliphatic hydroxyl groups is 1. The van der Waals surface area contributed by atoms with Crippen LogP contribution < -0.4 is 10.1 Å². The zero-order valence-electron chi connectivity index (χ0n) is 19.0. The lowest BCUT2D eigenvalue weighted by atomic mass is 10.0. The molecule has 34 heavy (non-hydrogen) atoms. The van der Waals surface area contributed by atoms with E-state index in [4.69, 9.17) is 18.9 Å². The number of hydrogen-bond donors (Lipinski definition) is 2. The van der Waals surface area contributed by atoms with Crippen molar-refractivity contribution in [3.05, 3.63) is 96.1 Å². The Kier molecular flexibility index (Phi) is 8.14. The highest BCUT2D eigenvalue weighted by Gasteiger charge is 2.49. The van der Waals surface area contributed by atoms with E-state index >= 15 is 0 Å². The Morgan fingerprint density at radius 1 is 0.912 bits per heavy atom. The van der Waals surface area contributed by atoms with Gasteiger partial charge in [-0.1, -0.05) is 60.7 Å². The summed E-state index contributed by atoms with van der Waals surface area (Å²) in [6.07, 6.45) is -2.77. The van der Waals surface area contributed by atoms with Crippen molar-refractivity contribution in [2.24, 2.45) is 0 Å². The summed E-state index contributed by atoms with van der Waals surface area (Å²) in [5, 5.41) is 14.2. The van der Waals surface area contributed by atoms with Crippen molar-refractivity contribution in [2.75, 3.05) is 19.0 Å². The van der Waals surface area contributed by atoms with Gasteiger partial charge in [-0.15, -0.1) is 0 Å². The Labute approximate surface area is 199 Å². The second kappa shape index (κ2) is 11.7. The number of carbonyl (C=O) groups is 1. The highest BCUT2D eigenvalue weighted by atomic mass is 16.6. The third-order valence-corrected chi connectivity index (χ3v) is 5.64. The Morgan fingerprint density at radius 3 is 2.15 bits per heavy atom. The van der Waals surface area contributed by atoms with E-state index in [-0.39, 0.29) is 13.2 Å². The van der Waals surface area contributed by atoms with Crippen LogP contribution in [0.5, 0.6) is 5.75 Å². The Morgan fingerprint density at radius 2 is 1.53 bits per heavy atom. The first-order chi connectivity index (χ1) is 16.6. The molecule has 0 spiro atoms. The fourth-order valence-electron chi connectivity index (χ4n) is 3.85. The molecule has 4 rings (SSSR count). The minimum absolute atomic E-state index is 0.0129. The molecule has 1 fully saturated rings. The van der Waals surface area contributed by atoms with Gasteiger partial charge in [0.25, 0.3) is 0 Å². The van der Waals surface area contributed by atoms with Crippen molar-refractivity contribution in [1.29, 1.82) is 0 Å². The molecule has 1 saturated heterocycles. The first-order valence-electron chi connectivity index (χ1n) is 11.2. The van der Waals surface area contributed by atoms with Crippen molar-refractivity contribution in [3.8, 4) is 5.75 Å². The van der Waals surface area contributed by atoms with Gasteiger partial charge >= 0.3 is 5.97 Å². The molecule has 4 atom stereocenters. The van der Waals surface area contributed by atoms with Crippen molar-refractivity contribution in [3.63, 3.8) is 0 Å². The highest BCUT2D eigenvalue weighted by Crippen LogP contribution is 2.27. The standard InChI is InChI=1S/C27H29NO6/c1-31-22-14-12-21(13-15-22)28-24-25(23(29)18-32-16-19-8-4-2-5-9-19)34-27(30)26(24)33-17-20-10-6-3-7-11-20/h2-15,23-26,28-29H,16-18H2,1H3/t23-,24-,25+,26-/m0/s1. The van der Waals surface area contributed by atoms with Crippen LogP contribution >= 0.6 is 0 Å². The zero-order chi connectivity index (χ0) is 23.8. The normalized spacial score (nSPS) is 20.5. The maximum absolute atomic E-state index is 12.7. The molecule has 1 heterocycles. The van der Waals surface area contributed by atoms with Crippen molar-refractivity contribution >= 4 is 11.7 Å². The number of anilines is 1. The Bertz CT molecular complexity index is 1030. The summed E-state index contributed by atoms with van der Waals surface area (Å²) in [6, 6.07) is 26.0. The van der Waals surface area contributed by atoms with Gasteiger partial charge in [-0.3, -0.25) is 0 Å². The van der Waals surface area contributed by atoms with E-state index in [1.165, 1.54) is 0 Å². The van der Waals surface area contributed by atoms with Crippen LogP contribution in [-0.2, 0) is 32.2 Å². The van der Waals surface area contributed by atoms with E-state index in [9.17, 15) is 9.90 Å². The van der Waals surface area contributed by atoms with Gasteiger partial charge < -0.3 is 29.4 Å². The molecule has 1 aliphatic heterocycles. The van der Waals surface area contributed by atoms with E-state index in [0.29, 0.717) is 12.4 Å². The van der Waals surface area contributed by atoms with Gasteiger partial charge in [0.2, 0.25) is 0 Å². The number of rotatable bonds is 11. The molecule has 0 unspecified atom stereocenters. The molecular formula is C27H29NO6. The number of aliphatic hydroxyl groups excluding tert-OH is 1. The van der Waals surface area contributed by atoms with E-state index in [1.807, 2.05) is 84.9 Å². The van der Waals surface area contributed by atoms with Crippen LogP contribution in [0.25, 0.3) is 0 Å². The quantitative estimate of drug-likeness (QED) is 0.421. The number of esters is 1. The second-order valence-corrected chi connectivity index (χ2v) is 8.09. The van der Waals surface area contributed by atoms with E-state index < -0.39 is 30.3 Å². The van der Waals surface area contributed by atoms with Gasteiger partial charge in [0.05, 0.1) is 26.9 Å². The SMILES string of the molecule is COc1ccc(N[C@H]2[C@@H]([C@@H](O)COCc3ccccc3)OC(=O)[C@H]2OCc2ccccc2)cc1. The molecule has 0 amide bonds. The van der Waals surface area contributed by atoms with Gasteiger partial charge in [-0.2, -0.15) is 0 Å². The molecule has 7 nitrogen and oxygen atoms in total. The molecule has 3 aromatic carbocycles. The average molecular weight is 464 g/mol. The molecule has 0 aromatic heterocycles. The summed E-state index contributed by atoms with van der Waals surface area (Å²) in [7, 11) is 1.60. The Balaban J connectivity index is 1.45. The van der Waals surface area contributed by atoms with Crippen LogP contribution in [0.4, 0.5) is 5.69 Å². The van der Waals surface area contributed by atoms with Gasteiger partial charge in [0.1, 0.15) is 17.9 Å². The van der Waals surface area contributed by atoms with Gasteiger partial charge in [0.15, 0.2) is 12.2 Å². The third-order valence-electron chi connectivity index (χ3n) is 5.64. The monoisotopic (exact) mass is 463 g/mol. The zero-order valence-corrected chi connectivity index (χ0v) is 19.0. The molecule has 0 saturated carbocycles. The third kappa shape index (κ3) is 6.14. The molecule has 0 bridgehead atoms. The van der Waals surface area contributed by atoms with Gasteiger partial charge in [-0.25, -0.2) is 4.79 Å². The minimum Gasteiger partial charge on any atom is -0.497 e. The average Bonchev–Trinajstić information content (AvgIpc) is 3.19. The number of nitrogens with one attached hydrogen (secondary N) is 1. The van der Waals surface area contributed by atoms with E-state index in [0.717, 1.165) is 16.8 Å². The van der Waals surface area contributed by atoms with Crippen molar-refractivity contribution in [2.45, 2.75) is 37.6 Å². The smallest absolute Gasteiger partial charge is 0.338 e. The number of hydrogen-bond acceptors (Lipinski definition) is 7. The lowest BCUT2D eigenvalue weighted by Crippen LogP contribution is -2.46. The van der Waals surface area contributed by atoms with Crippen LogP contribution in [0.1, 0.15) is 11.1 Å². The van der Waals surface area contributed by atoms with Crippen LogP contribution in [0, 0.1) is 0 Å². The maximum atomic E-state index is 12.7. The summed E-state index contributed by atoms with van der Waals surface area (Å²) in [4.78, 5) is 12.7. The van der Waals surface area contributed by atoms with E-state index in [2.05, 4.69) is 5.32 Å². The number of methoxy groups -OCH3 is 1. The molecule has 1 aliphatic rings. The van der Waals surface area contributed by atoms with Crippen LogP contribution in [0.15, 0.2) is 84.9 Å². The fraction of sp³-hybridized carbons (Fsp3) is 0.296. The van der Waals surface area contributed by atoms with Gasteiger partial charge in [-0.05, 0) is 35.4 Å². The van der Waals surface area contributed by atoms with Crippen LogP contribution in [0.2, 0.25) is 0 Å². The molecule has 0 radical (unpaired) electrons. The maximum Gasteiger partial charge on any atom is 0.338 e. The number of cyclic esters (lactones) is 1. The van der Waals surface area contributed by atoms with Crippen LogP contribution in [0.3, 0.4) is 0 Å². The fourth-order valence-corrected chi connectivity index (χ4v) is 3.85. The van der Waals surface area contributed by atoms with Crippen molar-refractivity contribution < 1.29 is 28.8 Å². The lowest BCUT2D eigenvalue weighted by Gasteiger charge is -2.26. The topological polar surface area (TPSA) is 86.3 Å². The summed E-state index contributed by atoms with van der Waals surface area (Å²) in [6.45, 7) is 0.608. The highest BCUT2D eigenvalue weighted by molar-refractivity contribution is 5.79. The lowest BCUT2D eigenvalue weighted by molar-refractivity contribution is -0.154. The molecule has 178 valence electrons.